The van der Waals surface area contributed by atoms with Crippen LogP contribution in [0.5, 0.6) is 0 Å². The molecule has 0 atom stereocenters. The van der Waals surface area contributed by atoms with E-state index >= 15 is 0 Å². The van der Waals surface area contributed by atoms with Crippen molar-refractivity contribution in [2.75, 3.05) is 5.32 Å². The average Bonchev–Trinajstić information content (AvgIpc) is 2.41. The molecule has 20 heavy (non-hydrogen) atoms. The van der Waals surface area contributed by atoms with Crippen LogP contribution in [-0.2, 0) is 0 Å². The Morgan fingerprint density at radius 3 is 2.80 bits per heavy atom. The molecule has 0 fully saturated rings. The number of hydrogen-bond donors (Lipinski definition) is 2. The third kappa shape index (κ3) is 2.69. The van der Waals surface area contributed by atoms with Gasteiger partial charge in [0, 0.05) is 18.5 Å². The summed E-state index contributed by atoms with van der Waals surface area (Å²) in [5.41, 5.74) is 0.739. The number of carboxylic acids is 1. The largest absolute Gasteiger partial charge is 0.478 e. The third-order valence-electron chi connectivity index (χ3n) is 2.60. The maximum Gasteiger partial charge on any atom is 0.337 e. The van der Waals surface area contributed by atoms with E-state index in [9.17, 15) is 14.9 Å². The van der Waals surface area contributed by atoms with Gasteiger partial charge in [-0.25, -0.2) is 9.78 Å². The van der Waals surface area contributed by atoms with Gasteiger partial charge >= 0.3 is 11.7 Å². The number of hydrogen-bond acceptors (Lipinski definition) is 6. The molecular formula is C12H10N4O4. The summed E-state index contributed by atoms with van der Waals surface area (Å²) in [6.45, 7) is 1.81. The molecule has 0 saturated heterocycles. The van der Waals surface area contributed by atoms with Crippen molar-refractivity contribution in [1.82, 2.24) is 9.97 Å². The molecule has 2 aromatic rings. The highest BCUT2D eigenvalue weighted by atomic mass is 16.6. The Kier molecular flexibility index (Phi) is 3.56. The molecule has 0 aliphatic heterocycles. The molecule has 2 aromatic heterocycles. The Bertz CT molecular complexity index is 687. The van der Waals surface area contributed by atoms with Crippen LogP contribution in [0.1, 0.15) is 15.9 Å². The normalized spacial score (nSPS) is 10.1. The molecule has 8 heteroatoms. The molecular weight excluding hydrogens is 264 g/mol. The standard InChI is InChI=1S/C12H10N4O4/c1-7-2-3-13-6-9(7)15-11-10(16(19)20)4-8(5-14-11)12(17)18/h2-6H,1H3,(H,14,15)(H,17,18). The number of carboxylic acid groups (broad SMARTS) is 1. The van der Waals surface area contributed by atoms with E-state index in [1.165, 1.54) is 6.20 Å². The van der Waals surface area contributed by atoms with E-state index in [1.54, 1.807) is 12.3 Å². The first-order valence-corrected chi connectivity index (χ1v) is 5.54. The van der Waals surface area contributed by atoms with Crippen molar-refractivity contribution in [3.8, 4) is 0 Å². The number of anilines is 2. The lowest BCUT2D eigenvalue weighted by Gasteiger charge is -2.08. The summed E-state index contributed by atoms with van der Waals surface area (Å²) in [7, 11) is 0. The summed E-state index contributed by atoms with van der Waals surface area (Å²) >= 11 is 0. The van der Waals surface area contributed by atoms with E-state index in [4.69, 9.17) is 5.11 Å². The van der Waals surface area contributed by atoms with Crippen LogP contribution in [0, 0.1) is 17.0 Å². The molecule has 0 aromatic carbocycles. The number of nitro groups is 1. The fourth-order valence-corrected chi connectivity index (χ4v) is 1.53. The van der Waals surface area contributed by atoms with Crippen LogP contribution in [0.4, 0.5) is 17.2 Å². The number of aromatic nitrogens is 2. The number of carbonyl (C=O) groups is 1. The molecule has 0 aliphatic rings. The predicted octanol–water partition coefficient (Wildman–Crippen LogP) is 2.14. The molecule has 0 saturated carbocycles. The van der Waals surface area contributed by atoms with Crippen molar-refractivity contribution in [2.24, 2.45) is 0 Å². The van der Waals surface area contributed by atoms with Crippen LogP contribution < -0.4 is 5.32 Å². The van der Waals surface area contributed by atoms with Gasteiger partial charge < -0.3 is 10.4 Å². The number of aromatic carboxylic acids is 1. The van der Waals surface area contributed by atoms with Gasteiger partial charge in [0.1, 0.15) is 0 Å². The number of nitrogens with one attached hydrogen (secondary N) is 1. The summed E-state index contributed by atoms with van der Waals surface area (Å²) in [4.78, 5) is 28.8. The summed E-state index contributed by atoms with van der Waals surface area (Å²) < 4.78 is 0. The van der Waals surface area contributed by atoms with Crippen LogP contribution in [-0.4, -0.2) is 26.0 Å². The van der Waals surface area contributed by atoms with E-state index in [-0.39, 0.29) is 11.4 Å². The van der Waals surface area contributed by atoms with E-state index < -0.39 is 16.6 Å². The van der Waals surface area contributed by atoms with Crippen molar-refractivity contribution in [2.45, 2.75) is 6.92 Å². The minimum absolute atomic E-state index is 0.0314. The van der Waals surface area contributed by atoms with Crippen LogP contribution in [0.25, 0.3) is 0 Å². The Morgan fingerprint density at radius 2 is 2.20 bits per heavy atom. The van der Waals surface area contributed by atoms with Crippen LogP contribution in [0.2, 0.25) is 0 Å². The van der Waals surface area contributed by atoms with Gasteiger partial charge in [-0.3, -0.25) is 15.1 Å². The quantitative estimate of drug-likeness (QED) is 0.647. The molecule has 0 bridgehead atoms. The van der Waals surface area contributed by atoms with E-state index in [1.807, 2.05) is 6.92 Å². The first-order valence-electron chi connectivity index (χ1n) is 5.54. The van der Waals surface area contributed by atoms with E-state index in [2.05, 4.69) is 15.3 Å². The molecule has 0 spiro atoms. The number of aryl methyl sites for hydroxylation is 1. The molecule has 102 valence electrons. The highest BCUT2D eigenvalue weighted by Crippen LogP contribution is 2.27. The maximum atomic E-state index is 11.0. The minimum Gasteiger partial charge on any atom is -0.478 e. The lowest BCUT2D eigenvalue weighted by molar-refractivity contribution is -0.384. The first kappa shape index (κ1) is 13.4. The highest BCUT2D eigenvalue weighted by Gasteiger charge is 2.19. The Hall–Kier alpha value is -3.03. The molecule has 8 nitrogen and oxygen atoms in total. The number of rotatable bonds is 4. The second-order valence-corrected chi connectivity index (χ2v) is 3.97. The Balaban J connectivity index is 2.44. The maximum absolute atomic E-state index is 11.0. The summed E-state index contributed by atoms with van der Waals surface area (Å²) in [5.74, 6) is -1.30. The fraction of sp³-hybridized carbons (Fsp3) is 0.0833. The highest BCUT2D eigenvalue weighted by molar-refractivity contribution is 5.89. The SMILES string of the molecule is Cc1ccncc1Nc1ncc(C(=O)O)cc1[N+](=O)[O-]. The zero-order valence-corrected chi connectivity index (χ0v) is 10.4. The van der Waals surface area contributed by atoms with Gasteiger partial charge in [0.25, 0.3) is 0 Å². The smallest absolute Gasteiger partial charge is 0.337 e. The van der Waals surface area contributed by atoms with E-state index in [0.29, 0.717) is 5.69 Å². The molecule has 0 radical (unpaired) electrons. The van der Waals surface area contributed by atoms with Gasteiger partial charge in [0.05, 0.1) is 22.4 Å². The fourth-order valence-electron chi connectivity index (χ4n) is 1.53. The van der Waals surface area contributed by atoms with Crippen molar-refractivity contribution in [3.63, 3.8) is 0 Å². The van der Waals surface area contributed by atoms with Gasteiger partial charge in [-0.15, -0.1) is 0 Å². The Morgan fingerprint density at radius 1 is 1.45 bits per heavy atom. The van der Waals surface area contributed by atoms with Crippen molar-refractivity contribution in [1.29, 1.82) is 0 Å². The summed E-state index contributed by atoms with van der Waals surface area (Å²) in [5, 5.41) is 22.6. The second kappa shape index (κ2) is 5.31. The zero-order chi connectivity index (χ0) is 14.7. The van der Waals surface area contributed by atoms with Crippen molar-refractivity contribution < 1.29 is 14.8 Å². The van der Waals surface area contributed by atoms with Crippen LogP contribution >= 0.6 is 0 Å². The summed E-state index contributed by atoms with van der Waals surface area (Å²) in [6.07, 6.45) is 4.16. The van der Waals surface area contributed by atoms with Gasteiger partial charge in [0.2, 0.25) is 5.82 Å². The van der Waals surface area contributed by atoms with Gasteiger partial charge in [0.15, 0.2) is 0 Å². The van der Waals surface area contributed by atoms with Gasteiger partial charge in [-0.2, -0.15) is 0 Å². The lowest BCUT2D eigenvalue weighted by Crippen LogP contribution is -2.04. The van der Waals surface area contributed by atoms with Crippen LogP contribution in [0.3, 0.4) is 0 Å². The number of nitrogens with zero attached hydrogens (tertiary/aromatic N) is 3. The van der Waals surface area contributed by atoms with Crippen molar-refractivity contribution >= 4 is 23.2 Å². The molecule has 0 aliphatic carbocycles. The van der Waals surface area contributed by atoms with Gasteiger partial charge in [-0.1, -0.05) is 0 Å². The average molecular weight is 274 g/mol. The second-order valence-electron chi connectivity index (χ2n) is 3.97. The summed E-state index contributed by atoms with van der Waals surface area (Å²) in [6, 6.07) is 2.70. The molecule has 0 amide bonds. The first-order chi connectivity index (χ1) is 9.49. The van der Waals surface area contributed by atoms with E-state index in [0.717, 1.165) is 17.8 Å². The molecule has 0 unspecified atom stereocenters. The van der Waals surface area contributed by atoms with Gasteiger partial charge in [-0.05, 0) is 18.6 Å². The Labute approximate surface area is 113 Å². The number of pyridine rings is 2. The lowest BCUT2D eigenvalue weighted by atomic mass is 10.2. The third-order valence-corrected chi connectivity index (χ3v) is 2.60. The zero-order valence-electron chi connectivity index (χ0n) is 10.4. The monoisotopic (exact) mass is 274 g/mol. The topological polar surface area (TPSA) is 118 Å². The minimum atomic E-state index is -1.27. The molecule has 2 rings (SSSR count). The van der Waals surface area contributed by atoms with Crippen molar-refractivity contribution in [3.05, 3.63) is 52.0 Å². The molecule has 2 N–H and O–H groups in total. The molecule has 2 heterocycles. The predicted molar refractivity (Wildman–Crippen MR) is 70.1 cm³/mol. The van der Waals surface area contributed by atoms with Crippen LogP contribution in [0.15, 0.2) is 30.7 Å².